The quantitative estimate of drug-likeness (QED) is 0.911. The highest BCUT2D eigenvalue weighted by Gasteiger charge is 2.22. The Bertz CT molecular complexity index is 496. The molecule has 1 fully saturated rings. The highest BCUT2D eigenvalue weighted by molar-refractivity contribution is 7.13. The van der Waals surface area contributed by atoms with Crippen molar-refractivity contribution in [3.8, 4) is 0 Å². The summed E-state index contributed by atoms with van der Waals surface area (Å²) >= 11 is 1.52. The summed E-state index contributed by atoms with van der Waals surface area (Å²) in [5, 5.41) is 5.71. The number of aromatic nitrogens is 1. The average Bonchev–Trinajstić information content (AvgIpc) is 2.71. The Morgan fingerprint density at radius 2 is 2.00 bits per heavy atom. The summed E-state index contributed by atoms with van der Waals surface area (Å²) in [4.78, 5) is 19.0. The molecule has 0 saturated carbocycles. The van der Waals surface area contributed by atoms with Crippen molar-refractivity contribution in [3.63, 3.8) is 0 Å². The number of rotatable bonds is 4. The van der Waals surface area contributed by atoms with E-state index in [1.54, 1.807) is 0 Å². The van der Waals surface area contributed by atoms with Crippen LogP contribution >= 0.6 is 11.3 Å². The minimum absolute atomic E-state index is 0.00422. The third kappa shape index (κ3) is 5.69. The van der Waals surface area contributed by atoms with Crippen molar-refractivity contribution in [2.75, 3.05) is 18.4 Å². The smallest absolute Gasteiger partial charge is 0.226 e. The van der Waals surface area contributed by atoms with Crippen molar-refractivity contribution in [1.82, 2.24) is 9.88 Å². The summed E-state index contributed by atoms with van der Waals surface area (Å²) < 4.78 is 0. The molecule has 0 radical (unpaired) electrons. The van der Waals surface area contributed by atoms with Gasteiger partial charge < -0.3 is 5.32 Å². The number of carbonyl (C=O) groups excluding carboxylic acids is 1. The molecule has 1 aromatic rings. The fourth-order valence-electron chi connectivity index (χ4n) is 3.23. The highest BCUT2D eigenvalue weighted by atomic mass is 32.1. The summed E-state index contributed by atoms with van der Waals surface area (Å²) in [7, 11) is 0. The number of likely N-dealkylation sites (tertiary alicyclic amines) is 1. The molecule has 0 aliphatic carbocycles. The Hall–Kier alpha value is -0.940. The maximum atomic E-state index is 12.0. The highest BCUT2D eigenvalue weighted by Crippen LogP contribution is 2.24. The summed E-state index contributed by atoms with van der Waals surface area (Å²) in [6, 6.07) is 0. The van der Waals surface area contributed by atoms with Crippen LogP contribution in [0, 0.1) is 17.3 Å². The van der Waals surface area contributed by atoms with E-state index < -0.39 is 0 Å². The van der Waals surface area contributed by atoms with Crippen LogP contribution < -0.4 is 5.32 Å². The summed E-state index contributed by atoms with van der Waals surface area (Å²) in [5.74, 6) is 1.57. The predicted molar refractivity (Wildman–Crippen MR) is 93.0 cm³/mol. The molecular weight excluding hydrogens is 294 g/mol. The van der Waals surface area contributed by atoms with E-state index >= 15 is 0 Å². The Kier molecular flexibility index (Phi) is 5.61. The molecule has 1 aliphatic heterocycles. The molecule has 1 amide bonds. The topological polar surface area (TPSA) is 45.2 Å². The van der Waals surface area contributed by atoms with Crippen LogP contribution in [-0.4, -0.2) is 28.9 Å². The molecule has 124 valence electrons. The monoisotopic (exact) mass is 323 g/mol. The minimum Gasteiger partial charge on any atom is -0.302 e. The van der Waals surface area contributed by atoms with Gasteiger partial charge in [-0.15, -0.1) is 11.3 Å². The minimum atomic E-state index is 0.00422. The van der Waals surface area contributed by atoms with Gasteiger partial charge in [0.15, 0.2) is 5.13 Å². The maximum absolute atomic E-state index is 12.0. The number of amides is 1. The lowest BCUT2D eigenvalue weighted by atomic mass is 9.92. The molecule has 2 atom stereocenters. The van der Waals surface area contributed by atoms with Crippen LogP contribution in [-0.2, 0) is 11.3 Å². The first-order valence-electron chi connectivity index (χ1n) is 8.18. The number of anilines is 1. The maximum Gasteiger partial charge on any atom is 0.226 e. The van der Waals surface area contributed by atoms with Crippen LogP contribution in [0.3, 0.4) is 0 Å². The number of hydrogen-bond donors (Lipinski definition) is 1. The predicted octanol–water partition coefficient (Wildman–Crippen LogP) is 4.00. The molecule has 1 aliphatic rings. The third-order valence-electron chi connectivity index (χ3n) is 3.82. The standard InChI is InChI=1S/C17H29N3OS/c1-12-6-13(2)9-20(8-12)10-14-11-22-16(18-14)19-15(21)7-17(3,4)5/h11-13H,6-10H2,1-5H3,(H,18,19,21)/t12-,13-/m0/s1. The average molecular weight is 324 g/mol. The zero-order valence-corrected chi connectivity index (χ0v) is 15.3. The second-order valence-electron chi connectivity index (χ2n) is 8.07. The van der Waals surface area contributed by atoms with Crippen LogP contribution in [0.5, 0.6) is 0 Å². The van der Waals surface area contributed by atoms with Crippen LogP contribution in [0.4, 0.5) is 5.13 Å². The van der Waals surface area contributed by atoms with Crippen LogP contribution in [0.25, 0.3) is 0 Å². The lowest BCUT2D eigenvalue weighted by Gasteiger charge is -2.34. The van der Waals surface area contributed by atoms with E-state index in [1.807, 2.05) is 0 Å². The van der Waals surface area contributed by atoms with Gasteiger partial charge in [0.2, 0.25) is 5.91 Å². The van der Waals surface area contributed by atoms with Crippen molar-refractivity contribution in [1.29, 1.82) is 0 Å². The van der Waals surface area contributed by atoms with Gasteiger partial charge in [-0.2, -0.15) is 0 Å². The first-order chi connectivity index (χ1) is 10.2. The van der Waals surface area contributed by atoms with Gasteiger partial charge in [0.1, 0.15) is 0 Å². The van der Waals surface area contributed by atoms with Crippen molar-refractivity contribution in [2.24, 2.45) is 17.3 Å². The number of carbonyl (C=O) groups is 1. The number of thiazole rings is 1. The summed E-state index contributed by atoms with van der Waals surface area (Å²) in [6.07, 6.45) is 1.84. The molecular formula is C17H29N3OS. The zero-order valence-electron chi connectivity index (χ0n) is 14.5. The van der Waals surface area contributed by atoms with Gasteiger partial charge in [-0.3, -0.25) is 9.69 Å². The number of nitrogens with zero attached hydrogens (tertiary/aromatic N) is 2. The summed E-state index contributed by atoms with van der Waals surface area (Å²) in [6.45, 7) is 14.0. The van der Waals surface area contributed by atoms with E-state index in [4.69, 9.17) is 0 Å². The lowest BCUT2D eigenvalue weighted by Crippen LogP contribution is -2.38. The van der Waals surface area contributed by atoms with Gasteiger partial charge in [-0.05, 0) is 23.7 Å². The van der Waals surface area contributed by atoms with Crippen LogP contribution in [0.1, 0.15) is 53.2 Å². The molecule has 0 bridgehead atoms. The second-order valence-corrected chi connectivity index (χ2v) is 8.93. The largest absolute Gasteiger partial charge is 0.302 e. The normalized spacial score (nSPS) is 23.5. The number of piperidine rings is 1. The fraction of sp³-hybridized carbons (Fsp3) is 0.765. The van der Waals surface area contributed by atoms with E-state index in [1.165, 1.54) is 17.8 Å². The molecule has 4 nitrogen and oxygen atoms in total. The zero-order chi connectivity index (χ0) is 16.3. The van der Waals surface area contributed by atoms with Gasteiger partial charge in [0.25, 0.3) is 0 Å². The Balaban J connectivity index is 1.87. The van der Waals surface area contributed by atoms with E-state index in [0.29, 0.717) is 6.42 Å². The Labute approximate surface area is 138 Å². The third-order valence-corrected chi connectivity index (χ3v) is 4.63. The summed E-state index contributed by atoms with van der Waals surface area (Å²) in [5.41, 5.74) is 1.07. The molecule has 0 unspecified atom stereocenters. The molecule has 2 rings (SSSR count). The first kappa shape index (κ1) is 17.4. The van der Waals surface area contributed by atoms with Crippen molar-refractivity contribution in [2.45, 2.75) is 54.0 Å². The van der Waals surface area contributed by atoms with E-state index in [-0.39, 0.29) is 11.3 Å². The molecule has 2 heterocycles. The van der Waals surface area contributed by atoms with Gasteiger partial charge in [0, 0.05) is 31.4 Å². The van der Waals surface area contributed by atoms with Crippen molar-refractivity contribution < 1.29 is 4.79 Å². The number of nitrogens with one attached hydrogen (secondary N) is 1. The second kappa shape index (κ2) is 7.09. The van der Waals surface area contributed by atoms with Crippen molar-refractivity contribution >= 4 is 22.4 Å². The molecule has 1 aromatic heterocycles. The van der Waals surface area contributed by atoms with Gasteiger partial charge in [-0.25, -0.2) is 4.98 Å². The van der Waals surface area contributed by atoms with E-state index in [0.717, 1.165) is 42.3 Å². The fourth-order valence-corrected chi connectivity index (χ4v) is 3.95. The Morgan fingerprint density at radius 1 is 1.36 bits per heavy atom. The molecule has 1 N–H and O–H groups in total. The molecule has 22 heavy (non-hydrogen) atoms. The molecule has 1 saturated heterocycles. The molecule has 5 heteroatoms. The molecule has 0 spiro atoms. The first-order valence-corrected chi connectivity index (χ1v) is 9.06. The van der Waals surface area contributed by atoms with Gasteiger partial charge >= 0.3 is 0 Å². The SMILES string of the molecule is C[C@H]1C[C@H](C)CN(Cc2csc(NC(=O)CC(C)(C)C)n2)C1. The van der Waals surface area contributed by atoms with Gasteiger partial charge in [0.05, 0.1) is 5.69 Å². The van der Waals surface area contributed by atoms with E-state index in [9.17, 15) is 4.79 Å². The molecule has 0 aromatic carbocycles. The Morgan fingerprint density at radius 3 is 2.59 bits per heavy atom. The van der Waals surface area contributed by atoms with E-state index in [2.05, 4.69) is 55.2 Å². The van der Waals surface area contributed by atoms with Crippen LogP contribution in [0.15, 0.2) is 5.38 Å². The lowest BCUT2D eigenvalue weighted by molar-refractivity contribution is -0.117. The number of hydrogen-bond acceptors (Lipinski definition) is 4. The van der Waals surface area contributed by atoms with Gasteiger partial charge in [-0.1, -0.05) is 34.6 Å². The van der Waals surface area contributed by atoms with Crippen LogP contribution in [0.2, 0.25) is 0 Å². The van der Waals surface area contributed by atoms with Crippen molar-refractivity contribution in [3.05, 3.63) is 11.1 Å².